The van der Waals surface area contributed by atoms with E-state index < -0.39 is 34.7 Å². The van der Waals surface area contributed by atoms with E-state index in [9.17, 15) is 29.3 Å². The van der Waals surface area contributed by atoms with E-state index in [0.29, 0.717) is 10.6 Å². The summed E-state index contributed by atoms with van der Waals surface area (Å²) >= 11 is 6.32. The number of halogens is 1. The number of carbonyl (C=O) groups is 4. The number of rotatable bonds is 8. The summed E-state index contributed by atoms with van der Waals surface area (Å²) in [7, 11) is 0. The zero-order valence-corrected chi connectivity index (χ0v) is 21.0. The SMILES string of the molecule is CCOC(=O)c1ccc(N2C(=O)CC(N(Cc3ccccc3Cl)C(=O)c3ccc([N+](=O)[O-])cc3)C2=O)cc1. The number of nitro benzene ring substituents is 1. The Bertz CT molecular complexity index is 1410. The number of carbonyl (C=O) groups excluding carboxylic acids is 4. The van der Waals surface area contributed by atoms with Gasteiger partial charge in [-0.3, -0.25) is 24.5 Å². The molecular weight excluding hydrogens is 514 g/mol. The highest BCUT2D eigenvalue weighted by Crippen LogP contribution is 2.29. The summed E-state index contributed by atoms with van der Waals surface area (Å²) in [6, 6.07) is 16.5. The fourth-order valence-corrected chi connectivity index (χ4v) is 4.31. The van der Waals surface area contributed by atoms with Gasteiger partial charge in [0.2, 0.25) is 5.91 Å². The quantitative estimate of drug-likeness (QED) is 0.181. The van der Waals surface area contributed by atoms with Crippen molar-refractivity contribution in [3.05, 3.63) is 105 Å². The van der Waals surface area contributed by atoms with E-state index in [-0.39, 0.29) is 42.1 Å². The second kappa shape index (κ2) is 11.2. The molecule has 38 heavy (non-hydrogen) atoms. The third-order valence-electron chi connectivity index (χ3n) is 6.02. The lowest BCUT2D eigenvalue weighted by Gasteiger charge is -2.28. The highest BCUT2D eigenvalue weighted by molar-refractivity contribution is 6.31. The van der Waals surface area contributed by atoms with Crippen LogP contribution in [-0.2, 0) is 20.9 Å². The molecular formula is C27H22ClN3O7. The zero-order valence-electron chi connectivity index (χ0n) is 20.2. The second-order valence-electron chi connectivity index (χ2n) is 8.38. The molecule has 10 nitrogen and oxygen atoms in total. The Labute approximate surface area is 222 Å². The van der Waals surface area contributed by atoms with Crippen molar-refractivity contribution < 1.29 is 28.8 Å². The Kier molecular flexibility index (Phi) is 7.82. The molecule has 0 spiro atoms. The maximum absolute atomic E-state index is 13.6. The van der Waals surface area contributed by atoms with Crippen LogP contribution in [0.1, 0.15) is 39.6 Å². The van der Waals surface area contributed by atoms with E-state index in [1.165, 1.54) is 53.4 Å². The molecule has 0 aliphatic carbocycles. The first-order valence-corrected chi connectivity index (χ1v) is 12.0. The molecule has 4 rings (SSSR count). The van der Waals surface area contributed by atoms with Gasteiger partial charge >= 0.3 is 5.97 Å². The number of benzene rings is 3. The number of ether oxygens (including phenoxy) is 1. The molecule has 0 N–H and O–H groups in total. The first-order valence-electron chi connectivity index (χ1n) is 11.6. The van der Waals surface area contributed by atoms with Crippen LogP contribution >= 0.6 is 11.6 Å². The van der Waals surface area contributed by atoms with Crippen LogP contribution in [0.15, 0.2) is 72.8 Å². The molecule has 0 aromatic heterocycles. The lowest BCUT2D eigenvalue weighted by atomic mass is 10.1. The van der Waals surface area contributed by atoms with Gasteiger partial charge < -0.3 is 9.64 Å². The molecule has 0 bridgehead atoms. The van der Waals surface area contributed by atoms with Crippen LogP contribution in [0.25, 0.3) is 0 Å². The molecule has 1 unspecified atom stereocenters. The van der Waals surface area contributed by atoms with Crippen molar-refractivity contribution in [1.82, 2.24) is 4.90 Å². The minimum absolute atomic E-state index is 0.0746. The number of anilines is 1. The van der Waals surface area contributed by atoms with Gasteiger partial charge in [0.05, 0.1) is 29.2 Å². The molecule has 194 valence electrons. The molecule has 3 amide bonds. The van der Waals surface area contributed by atoms with Crippen LogP contribution in [0, 0.1) is 10.1 Å². The van der Waals surface area contributed by atoms with Crippen molar-refractivity contribution in [2.45, 2.75) is 25.9 Å². The number of esters is 1. The summed E-state index contributed by atoms with van der Waals surface area (Å²) < 4.78 is 4.96. The van der Waals surface area contributed by atoms with E-state index >= 15 is 0 Å². The van der Waals surface area contributed by atoms with Gasteiger partial charge in [0.25, 0.3) is 17.5 Å². The number of non-ortho nitro benzene ring substituents is 1. The average molecular weight is 536 g/mol. The van der Waals surface area contributed by atoms with Gasteiger partial charge in [0, 0.05) is 29.3 Å². The minimum atomic E-state index is -1.15. The van der Waals surface area contributed by atoms with Crippen molar-refractivity contribution >= 4 is 46.7 Å². The summed E-state index contributed by atoms with van der Waals surface area (Å²) in [5, 5.41) is 11.4. The maximum atomic E-state index is 13.6. The lowest BCUT2D eigenvalue weighted by molar-refractivity contribution is -0.384. The third kappa shape index (κ3) is 5.40. The summed E-state index contributed by atoms with van der Waals surface area (Å²) in [5.41, 5.74) is 0.988. The fourth-order valence-electron chi connectivity index (χ4n) is 4.12. The van der Waals surface area contributed by atoms with Crippen LogP contribution in [0.5, 0.6) is 0 Å². The molecule has 0 radical (unpaired) electrons. The minimum Gasteiger partial charge on any atom is -0.462 e. The third-order valence-corrected chi connectivity index (χ3v) is 6.39. The Morgan fingerprint density at radius 3 is 2.26 bits per heavy atom. The Balaban J connectivity index is 1.66. The Morgan fingerprint density at radius 1 is 1.03 bits per heavy atom. The molecule has 1 saturated heterocycles. The molecule has 1 aliphatic rings. The molecule has 3 aromatic rings. The van der Waals surface area contributed by atoms with E-state index in [1.54, 1.807) is 31.2 Å². The predicted octanol–water partition coefficient (Wildman–Crippen LogP) is 4.40. The van der Waals surface area contributed by atoms with E-state index in [0.717, 1.165) is 4.90 Å². The topological polar surface area (TPSA) is 127 Å². The largest absolute Gasteiger partial charge is 0.462 e. The highest BCUT2D eigenvalue weighted by atomic mass is 35.5. The molecule has 3 aromatic carbocycles. The van der Waals surface area contributed by atoms with Crippen LogP contribution < -0.4 is 4.90 Å². The number of amides is 3. The summed E-state index contributed by atoms with van der Waals surface area (Å²) in [5.74, 6) is -2.27. The van der Waals surface area contributed by atoms with Gasteiger partial charge in [0.15, 0.2) is 0 Å². The van der Waals surface area contributed by atoms with E-state index in [1.807, 2.05) is 0 Å². The molecule has 1 fully saturated rings. The van der Waals surface area contributed by atoms with Gasteiger partial charge in [-0.1, -0.05) is 29.8 Å². The van der Waals surface area contributed by atoms with Gasteiger partial charge in [-0.05, 0) is 55.0 Å². The van der Waals surface area contributed by atoms with Crippen molar-refractivity contribution in [2.24, 2.45) is 0 Å². The van der Waals surface area contributed by atoms with Gasteiger partial charge in [-0.2, -0.15) is 0 Å². The van der Waals surface area contributed by atoms with Crippen molar-refractivity contribution in [3.63, 3.8) is 0 Å². The Morgan fingerprint density at radius 2 is 1.66 bits per heavy atom. The second-order valence-corrected chi connectivity index (χ2v) is 8.79. The van der Waals surface area contributed by atoms with E-state index in [4.69, 9.17) is 16.3 Å². The van der Waals surface area contributed by atoms with Crippen LogP contribution in [-0.4, -0.2) is 46.2 Å². The number of imide groups is 1. The summed E-state index contributed by atoms with van der Waals surface area (Å²) in [6.07, 6.45) is -0.276. The van der Waals surface area contributed by atoms with Crippen molar-refractivity contribution in [3.8, 4) is 0 Å². The molecule has 1 aliphatic heterocycles. The first kappa shape index (κ1) is 26.5. The lowest BCUT2D eigenvalue weighted by Crippen LogP contribution is -2.45. The van der Waals surface area contributed by atoms with Crippen molar-refractivity contribution in [2.75, 3.05) is 11.5 Å². The smallest absolute Gasteiger partial charge is 0.338 e. The number of hydrogen-bond acceptors (Lipinski definition) is 7. The van der Waals surface area contributed by atoms with Gasteiger partial charge in [0.1, 0.15) is 6.04 Å². The molecule has 1 heterocycles. The molecule has 11 heteroatoms. The molecule has 1 atom stereocenters. The van der Waals surface area contributed by atoms with Gasteiger partial charge in [-0.25, -0.2) is 9.69 Å². The number of nitrogens with zero attached hydrogens (tertiary/aromatic N) is 3. The van der Waals surface area contributed by atoms with Crippen LogP contribution in [0.4, 0.5) is 11.4 Å². The number of nitro groups is 1. The first-order chi connectivity index (χ1) is 18.2. The summed E-state index contributed by atoms with van der Waals surface area (Å²) in [4.78, 5) is 64.7. The highest BCUT2D eigenvalue weighted by Gasteiger charge is 2.44. The van der Waals surface area contributed by atoms with E-state index in [2.05, 4.69) is 0 Å². The van der Waals surface area contributed by atoms with Crippen LogP contribution in [0.3, 0.4) is 0 Å². The monoisotopic (exact) mass is 535 g/mol. The number of hydrogen-bond donors (Lipinski definition) is 0. The molecule has 0 saturated carbocycles. The predicted molar refractivity (Wildman–Crippen MR) is 138 cm³/mol. The van der Waals surface area contributed by atoms with Crippen LogP contribution in [0.2, 0.25) is 5.02 Å². The maximum Gasteiger partial charge on any atom is 0.338 e. The fraction of sp³-hybridized carbons (Fsp3) is 0.185. The van der Waals surface area contributed by atoms with Crippen molar-refractivity contribution in [1.29, 1.82) is 0 Å². The standard InChI is InChI=1S/C27H22ClN3O7/c1-2-38-27(35)18-9-11-20(12-10-18)30-24(32)15-23(26(30)34)29(16-19-5-3-4-6-22(19)28)25(33)17-7-13-21(14-8-17)31(36)37/h3-14,23H,2,15-16H2,1H3. The average Bonchev–Trinajstić information content (AvgIpc) is 3.21. The zero-order chi connectivity index (χ0) is 27.4. The normalized spacial score (nSPS) is 14.9. The van der Waals surface area contributed by atoms with Gasteiger partial charge in [-0.15, -0.1) is 0 Å². The Hall–Kier alpha value is -4.57. The summed E-state index contributed by atoms with van der Waals surface area (Å²) in [6.45, 7) is 1.81.